The summed E-state index contributed by atoms with van der Waals surface area (Å²) in [6.45, 7) is 4.69. The fraction of sp³-hybridized carbons (Fsp3) is 0.688. The lowest BCUT2D eigenvalue weighted by molar-refractivity contribution is -0.141. The number of nitrogens with one attached hydrogen (secondary N) is 1. The zero-order chi connectivity index (χ0) is 16.1. The Morgan fingerprint density at radius 3 is 2.83 bits per heavy atom. The highest BCUT2D eigenvalue weighted by atomic mass is 16.5. The highest BCUT2D eigenvalue weighted by Crippen LogP contribution is 2.23. The lowest BCUT2D eigenvalue weighted by Gasteiger charge is -2.33. The van der Waals surface area contributed by atoms with Crippen LogP contribution in [0.4, 0.5) is 5.82 Å². The fourth-order valence-corrected chi connectivity index (χ4v) is 3.08. The number of anilines is 1. The number of carbonyl (C=O) groups is 1. The van der Waals surface area contributed by atoms with E-state index in [4.69, 9.17) is 9.47 Å². The number of aromatic nitrogens is 2. The fourth-order valence-electron chi connectivity index (χ4n) is 3.08. The van der Waals surface area contributed by atoms with Gasteiger partial charge in [0.15, 0.2) is 5.82 Å². The minimum absolute atomic E-state index is 0.149. The van der Waals surface area contributed by atoms with Gasteiger partial charge in [0.2, 0.25) is 0 Å². The number of amides is 1. The molecule has 0 radical (unpaired) electrons. The van der Waals surface area contributed by atoms with E-state index in [1.54, 1.807) is 12.4 Å². The Hall–Kier alpha value is -1.89. The monoisotopic (exact) mass is 320 g/mol. The lowest BCUT2D eigenvalue weighted by Crippen LogP contribution is -2.46. The summed E-state index contributed by atoms with van der Waals surface area (Å²) in [6.07, 6.45) is 6.68. The first-order chi connectivity index (χ1) is 11.3. The van der Waals surface area contributed by atoms with Crippen LogP contribution in [0.15, 0.2) is 12.4 Å². The molecule has 3 rings (SSSR count). The van der Waals surface area contributed by atoms with Gasteiger partial charge in [-0.25, -0.2) is 9.97 Å². The van der Waals surface area contributed by atoms with Crippen LogP contribution in [0, 0.1) is 0 Å². The van der Waals surface area contributed by atoms with Gasteiger partial charge in [-0.2, -0.15) is 0 Å². The first-order valence-electron chi connectivity index (χ1n) is 8.38. The number of likely N-dealkylation sites (tertiary alicyclic amines) is 1. The molecule has 1 amide bonds. The molecule has 7 heteroatoms. The molecule has 2 saturated heterocycles. The Morgan fingerprint density at radius 2 is 2.13 bits per heavy atom. The Balaban J connectivity index is 1.52. The molecule has 23 heavy (non-hydrogen) atoms. The molecule has 0 aliphatic carbocycles. The van der Waals surface area contributed by atoms with Crippen LogP contribution in [0.1, 0.15) is 32.6 Å². The molecule has 1 aromatic heterocycles. The van der Waals surface area contributed by atoms with Crippen molar-refractivity contribution < 1.29 is 14.3 Å². The van der Waals surface area contributed by atoms with Crippen molar-refractivity contribution in [2.24, 2.45) is 0 Å². The quantitative estimate of drug-likeness (QED) is 0.885. The van der Waals surface area contributed by atoms with E-state index in [-0.39, 0.29) is 18.1 Å². The molecule has 0 aromatic carbocycles. The average Bonchev–Trinajstić information content (AvgIpc) is 3.11. The normalized spacial score (nSPS) is 22.1. The summed E-state index contributed by atoms with van der Waals surface area (Å²) in [7, 11) is 0. The van der Waals surface area contributed by atoms with Crippen molar-refractivity contribution in [3.05, 3.63) is 12.4 Å². The summed E-state index contributed by atoms with van der Waals surface area (Å²) in [6, 6.07) is 0.277. The third kappa shape index (κ3) is 3.90. The maximum Gasteiger partial charge on any atom is 0.257 e. The van der Waals surface area contributed by atoms with Crippen LogP contribution in [0.5, 0.6) is 5.88 Å². The highest BCUT2D eigenvalue weighted by molar-refractivity contribution is 5.81. The first kappa shape index (κ1) is 16.0. The number of ether oxygens (including phenoxy) is 2. The van der Waals surface area contributed by atoms with Crippen LogP contribution in [-0.4, -0.2) is 59.2 Å². The molecular formula is C16H24N4O3. The molecule has 1 aromatic rings. The molecule has 1 atom stereocenters. The van der Waals surface area contributed by atoms with E-state index in [2.05, 4.69) is 15.3 Å². The maximum atomic E-state index is 12.3. The van der Waals surface area contributed by atoms with Gasteiger partial charge in [-0.3, -0.25) is 4.79 Å². The van der Waals surface area contributed by atoms with E-state index < -0.39 is 0 Å². The predicted octanol–water partition coefficient (Wildman–Crippen LogP) is 1.46. The minimum atomic E-state index is -0.218. The van der Waals surface area contributed by atoms with E-state index in [0.717, 1.165) is 38.8 Å². The molecule has 1 N–H and O–H groups in total. The van der Waals surface area contributed by atoms with Crippen molar-refractivity contribution in [1.82, 2.24) is 14.9 Å². The van der Waals surface area contributed by atoms with E-state index in [1.165, 1.54) is 0 Å². The SMILES string of the molecule is CCOc1nccnc1NC1CCN(C(=O)[C@@H]2CCCO2)CC1. The lowest BCUT2D eigenvalue weighted by atomic mass is 10.0. The van der Waals surface area contributed by atoms with Crippen molar-refractivity contribution >= 4 is 11.7 Å². The molecule has 2 aliphatic heterocycles. The number of rotatable bonds is 5. The van der Waals surface area contributed by atoms with Crippen LogP contribution in [0.3, 0.4) is 0 Å². The summed E-state index contributed by atoms with van der Waals surface area (Å²) >= 11 is 0. The molecule has 7 nitrogen and oxygen atoms in total. The van der Waals surface area contributed by atoms with E-state index >= 15 is 0 Å². The zero-order valence-electron chi connectivity index (χ0n) is 13.5. The number of nitrogens with zero attached hydrogens (tertiary/aromatic N) is 3. The van der Waals surface area contributed by atoms with Crippen LogP contribution < -0.4 is 10.1 Å². The van der Waals surface area contributed by atoms with Gasteiger partial charge in [-0.1, -0.05) is 0 Å². The van der Waals surface area contributed by atoms with Gasteiger partial charge in [0.1, 0.15) is 6.10 Å². The molecule has 0 unspecified atom stereocenters. The summed E-state index contributed by atoms with van der Waals surface area (Å²) in [5.74, 6) is 1.36. The van der Waals surface area contributed by atoms with Crippen LogP contribution >= 0.6 is 0 Å². The predicted molar refractivity (Wildman–Crippen MR) is 85.4 cm³/mol. The van der Waals surface area contributed by atoms with E-state index in [0.29, 0.717) is 24.9 Å². The molecule has 3 heterocycles. The van der Waals surface area contributed by atoms with Gasteiger partial charge in [0, 0.05) is 38.1 Å². The van der Waals surface area contributed by atoms with Crippen molar-refractivity contribution in [3.8, 4) is 5.88 Å². The summed E-state index contributed by atoms with van der Waals surface area (Å²) in [5, 5.41) is 3.40. The van der Waals surface area contributed by atoms with Gasteiger partial charge in [-0.15, -0.1) is 0 Å². The molecule has 0 spiro atoms. The first-order valence-corrected chi connectivity index (χ1v) is 8.38. The highest BCUT2D eigenvalue weighted by Gasteiger charge is 2.31. The molecule has 0 saturated carbocycles. The molecular weight excluding hydrogens is 296 g/mol. The Labute approximate surface area is 136 Å². The molecule has 126 valence electrons. The van der Waals surface area contributed by atoms with Gasteiger partial charge < -0.3 is 19.7 Å². The van der Waals surface area contributed by atoms with Crippen molar-refractivity contribution in [1.29, 1.82) is 0 Å². The zero-order valence-corrected chi connectivity index (χ0v) is 13.5. The number of hydrogen-bond donors (Lipinski definition) is 1. The second-order valence-electron chi connectivity index (χ2n) is 5.89. The molecule has 2 aliphatic rings. The number of piperidine rings is 1. The summed E-state index contributed by atoms with van der Waals surface area (Å²) in [4.78, 5) is 22.8. The van der Waals surface area contributed by atoms with Gasteiger partial charge in [0.25, 0.3) is 11.8 Å². The summed E-state index contributed by atoms with van der Waals surface area (Å²) in [5.41, 5.74) is 0. The van der Waals surface area contributed by atoms with Gasteiger partial charge in [0.05, 0.1) is 6.61 Å². The van der Waals surface area contributed by atoms with Crippen molar-refractivity contribution in [2.75, 3.05) is 31.6 Å². The Kier molecular flexibility index (Phi) is 5.27. The minimum Gasteiger partial charge on any atom is -0.475 e. The summed E-state index contributed by atoms with van der Waals surface area (Å²) < 4.78 is 11.0. The standard InChI is InChI=1S/C16H24N4O3/c1-2-22-15-14(17-7-8-18-15)19-12-5-9-20(10-6-12)16(21)13-4-3-11-23-13/h7-8,12-13H,2-6,9-11H2,1H3,(H,17,19)/t13-/m0/s1. The second kappa shape index (κ2) is 7.59. The van der Waals surface area contributed by atoms with Crippen molar-refractivity contribution in [3.63, 3.8) is 0 Å². The third-order valence-corrected chi connectivity index (χ3v) is 4.30. The molecule has 0 bridgehead atoms. The van der Waals surface area contributed by atoms with E-state index in [9.17, 15) is 4.79 Å². The number of carbonyl (C=O) groups excluding carboxylic acids is 1. The Bertz CT molecular complexity index is 526. The largest absolute Gasteiger partial charge is 0.475 e. The van der Waals surface area contributed by atoms with Gasteiger partial charge in [-0.05, 0) is 32.6 Å². The second-order valence-corrected chi connectivity index (χ2v) is 5.89. The van der Waals surface area contributed by atoms with Crippen LogP contribution in [0.2, 0.25) is 0 Å². The molecule has 2 fully saturated rings. The van der Waals surface area contributed by atoms with Crippen LogP contribution in [0.25, 0.3) is 0 Å². The van der Waals surface area contributed by atoms with Crippen LogP contribution in [-0.2, 0) is 9.53 Å². The van der Waals surface area contributed by atoms with E-state index in [1.807, 2.05) is 11.8 Å². The topological polar surface area (TPSA) is 76.6 Å². The average molecular weight is 320 g/mol. The van der Waals surface area contributed by atoms with Crippen molar-refractivity contribution in [2.45, 2.75) is 44.8 Å². The van der Waals surface area contributed by atoms with Gasteiger partial charge >= 0.3 is 0 Å². The number of hydrogen-bond acceptors (Lipinski definition) is 6. The maximum absolute atomic E-state index is 12.3. The smallest absolute Gasteiger partial charge is 0.257 e. The Morgan fingerprint density at radius 1 is 1.35 bits per heavy atom. The third-order valence-electron chi connectivity index (χ3n) is 4.30.